The maximum atomic E-state index is 10.9. The van der Waals surface area contributed by atoms with E-state index in [0.717, 1.165) is 5.69 Å². The van der Waals surface area contributed by atoms with E-state index in [1.165, 1.54) is 4.90 Å². The quantitative estimate of drug-likeness (QED) is 0.447. The van der Waals surface area contributed by atoms with Crippen LogP contribution in [0.1, 0.15) is 0 Å². The van der Waals surface area contributed by atoms with Gasteiger partial charge in [0.05, 0.1) is 6.54 Å². The Labute approximate surface area is 69.6 Å². The van der Waals surface area contributed by atoms with Crippen LogP contribution in [0.3, 0.4) is 0 Å². The van der Waals surface area contributed by atoms with Crippen LogP contribution in [0.25, 0.3) is 0 Å². The highest BCUT2D eigenvalue weighted by Crippen LogP contribution is 2.18. The number of hydrogen-bond acceptors (Lipinski definition) is 2. The third-order valence-electron chi connectivity index (χ3n) is 1.85. The molecule has 0 aromatic heterocycles. The van der Waals surface area contributed by atoms with Gasteiger partial charge < -0.3 is 0 Å². The monoisotopic (exact) mass is 161 g/mol. The Hall–Kier alpha value is -1.64. The van der Waals surface area contributed by atoms with Gasteiger partial charge in [0.25, 0.3) is 5.91 Å². The first-order chi connectivity index (χ1) is 5.79. The lowest BCUT2D eigenvalue weighted by molar-refractivity contribution is -0.140. The van der Waals surface area contributed by atoms with Gasteiger partial charge >= 0.3 is 0 Å². The van der Waals surface area contributed by atoms with Crippen molar-refractivity contribution in [3.8, 4) is 0 Å². The van der Waals surface area contributed by atoms with Crippen molar-refractivity contribution >= 4 is 17.4 Å². The first kappa shape index (κ1) is 7.03. The van der Waals surface area contributed by atoms with Crippen molar-refractivity contribution in [2.75, 3.05) is 11.4 Å². The van der Waals surface area contributed by atoms with Gasteiger partial charge in [-0.05, 0) is 12.1 Å². The second-order valence-electron chi connectivity index (χ2n) is 2.65. The summed E-state index contributed by atoms with van der Waals surface area (Å²) in [6.45, 7) is 0.225. The van der Waals surface area contributed by atoms with Gasteiger partial charge in [-0.3, -0.25) is 14.5 Å². The molecule has 3 heteroatoms. The predicted octanol–water partition coefficient (Wildman–Crippen LogP) is 0.602. The van der Waals surface area contributed by atoms with Crippen molar-refractivity contribution in [2.24, 2.45) is 0 Å². The summed E-state index contributed by atoms with van der Waals surface area (Å²) in [4.78, 5) is 23.0. The molecule has 1 aliphatic rings. The Balaban J connectivity index is 2.24. The fourth-order valence-corrected chi connectivity index (χ4v) is 1.16. The summed E-state index contributed by atoms with van der Waals surface area (Å²) in [5.41, 5.74) is 0.794. The topological polar surface area (TPSA) is 37.4 Å². The minimum Gasteiger partial charge on any atom is -0.298 e. The molecule has 1 amide bonds. The number of amides is 1. The lowest BCUT2D eigenvalue weighted by Gasteiger charge is -2.28. The van der Waals surface area contributed by atoms with Crippen LogP contribution in [-0.2, 0) is 9.59 Å². The Morgan fingerprint density at radius 1 is 1.08 bits per heavy atom. The molecule has 1 aromatic rings. The van der Waals surface area contributed by atoms with Crippen LogP contribution in [0, 0.1) is 0 Å². The van der Waals surface area contributed by atoms with Crippen LogP contribution in [-0.4, -0.2) is 18.2 Å². The average molecular weight is 161 g/mol. The second-order valence-corrected chi connectivity index (χ2v) is 2.65. The molecule has 1 heterocycles. The van der Waals surface area contributed by atoms with Gasteiger partial charge in [-0.2, -0.15) is 0 Å². The van der Waals surface area contributed by atoms with E-state index >= 15 is 0 Å². The van der Waals surface area contributed by atoms with E-state index < -0.39 is 5.91 Å². The summed E-state index contributed by atoms with van der Waals surface area (Å²) in [5, 5.41) is 0. The summed E-state index contributed by atoms with van der Waals surface area (Å²) in [7, 11) is 0. The first-order valence-electron chi connectivity index (χ1n) is 3.69. The molecular weight excluding hydrogens is 154 g/mol. The SMILES string of the molecule is O=C1CN(c2ccccc2)C1=O. The maximum absolute atomic E-state index is 10.9. The van der Waals surface area contributed by atoms with Crippen LogP contribution in [0.4, 0.5) is 5.69 Å². The summed E-state index contributed by atoms with van der Waals surface area (Å²) >= 11 is 0. The highest BCUT2D eigenvalue weighted by atomic mass is 16.2. The normalized spacial score (nSPS) is 16.2. The number of carbonyl (C=O) groups is 2. The molecule has 0 atom stereocenters. The van der Waals surface area contributed by atoms with E-state index in [-0.39, 0.29) is 12.3 Å². The third-order valence-corrected chi connectivity index (χ3v) is 1.85. The van der Waals surface area contributed by atoms with Crippen LogP contribution in [0.5, 0.6) is 0 Å². The molecule has 0 spiro atoms. The number of nitrogens with zero attached hydrogens (tertiary/aromatic N) is 1. The van der Waals surface area contributed by atoms with Crippen molar-refractivity contribution in [2.45, 2.75) is 0 Å². The van der Waals surface area contributed by atoms with Crippen molar-refractivity contribution in [1.29, 1.82) is 0 Å². The highest BCUT2D eigenvalue weighted by molar-refractivity contribution is 6.50. The van der Waals surface area contributed by atoms with E-state index in [1.54, 1.807) is 0 Å². The summed E-state index contributed by atoms with van der Waals surface area (Å²) in [5.74, 6) is -0.708. The summed E-state index contributed by atoms with van der Waals surface area (Å²) in [6.07, 6.45) is 0. The maximum Gasteiger partial charge on any atom is 0.296 e. The minimum absolute atomic E-state index is 0.225. The molecule has 1 saturated heterocycles. The van der Waals surface area contributed by atoms with Gasteiger partial charge in [0, 0.05) is 5.69 Å². The zero-order chi connectivity index (χ0) is 8.55. The van der Waals surface area contributed by atoms with E-state index in [9.17, 15) is 9.59 Å². The number of Topliss-reactive ketones (excluding diaryl/α,β-unsaturated/α-hetero) is 1. The molecule has 0 radical (unpaired) electrons. The second kappa shape index (κ2) is 2.44. The molecule has 3 nitrogen and oxygen atoms in total. The number of carbonyl (C=O) groups excluding carboxylic acids is 2. The fourth-order valence-electron chi connectivity index (χ4n) is 1.16. The Morgan fingerprint density at radius 3 is 2.25 bits per heavy atom. The van der Waals surface area contributed by atoms with Gasteiger partial charge in [0.2, 0.25) is 5.78 Å². The van der Waals surface area contributed by atoms with Gasteiger partial charge in [-0.1, -0.05) is 18.2 Å². The molecule has 1 fully saturated rings. The van der Waals surface area contributed by atoms with Crippen LogP contribution < -0.4 is 4.90 Å². The zero-order valence-corrected chi connectivity index (χ0v) is 6.36. The van der Waals surface area contributed by atoms with E-state index in [2.05, 4.69) is 0 Å². The molecular formula is C9H7NO2. The lowest BCUT2D eigenvalue weighted by Crippen LogP contribution is -2.53. The number of ketones is 1. The zero-order valence-electron chi connectivity index (χ0n) is 6.36. The van der Waals surface area contributed by atoms with Crippen molar-refractivity contribution in [3.63, 3.8) is 0 Å². The van der Waals surface area contributed by atoms with Gasteiger partial charge in [-0.25, -0.2) is 0 Å². The smallest absolute Gasteiger partial charge is 0.296 e. The lowest BCUT2D eigenvalue weighted by atomic mass is 10.1. The van der Waals surface area contributed by atoms with Crippen LogP contribution in [0.2, 0.25) is 0 Å². The standard InChI is InChI=1S/C9H7NO2/c11-8-6-10(9(8)12)7-4-2-1-3-5-7/h1-5H,6H2. The largest absolute Gasteiger partial charge is 0.298 e. The molecule has 0 unspecified atom stereocenters. The molecule has 0 bridgehead atoms. The highest BCUT2D eigenvalue weighted by Gasteiger charge is 2.35. The molecule has 1 aromatic carbocycles. The van der Waals surface area contributed by atoms with E-state index in [0.29, 0.717) is 0 Å². The molecule has 0 N–H and O–H groups in total. The van der Waals surface area contributed by atoms with E-state index in [1.807, 2.05) is 30.3 Å². The Morgan fingerprint density at radius 2 is 1.75 bits per heavy atom. The molecule has 60 valence electrons. The fraction of sp³-hybridized carbons (Fsp3) is 0.111. The van der Waals surface area contributed by atoms with Gasteiger partial charge in [0.1, 0.15) is 0 Å². The number of rotatable bonds is 1. The third kappa shape index (κ3) is 0.906. The van der Waals surface area contributed by atoms with Gasteiger partial charge in [0.15, 0.2) is 0 Å². The number of para-hydroxylation sites is 1. The molecule has 2 rings (SSSR count). The average Bonchev–Trinajstić information content (AvgIpc) is 2.15. The summed E-state index contributed by atoms with van der Waals surface area (Å²) in [6, 6.07) is 9.17. The molecule has 0 saturated carbocycles. The molecule has 1 aliphatic heterocycles. The van der Waals surface area contributed by atoms with Crippen LogP contribution >= 0.6 is 0 Å². The minimum atomic E-state index is -0.402. The predicted molar refractivity (Wildman–Crippen MR) is 43.8 cm³/mol. The number of anilines is 1. The first-order valence-corrected chi connectivity index (χ1v) is 3.69. The van der Waals surface area contributed by atoms with Crippen molar-refractivity contribution in [3.05, 3.63) is 30.3 Å². The Bertz CT molecular complexity index is 332. The number of β-lactam (4-membered cyclic amide) rings is 1. The van der Waals surface area contributed by atoms with Gasteiger partial charge in [-0.15, -0.1) is 0 Å². The van der Waals surface area contributed by atoms with Crippen molar-refractivity contribution < 1.29 is 9.59 Å². The van der Waals surface area contributed by atoms with E-state index in [4.69, 9.17) is 0 Å². The summed E-state index contributed by atoms with van der Waals surface area (Å²) < 4.78 is 0. The number of benzene rings is 1. The number of hydrogen-bond donors (Lipinski definition) is 0. The van der Waals surface area contributed by atoms with Crippen LogP contribution in [0.15, 0.2) is 30.3 Å². The Kier molecular flexibility index (Phi) is 1.43. The molecule has 12 heavy (non-hydrogen) atoms. The van der Waals surface area contributed by atoms with Crippen molar-refractivity contribution in [1.82, 2.24) is 0 Å². The molecule has 0 aliphatic carbocycles.